The summed E-state index contributed by atoms with van der Waals surface area (Å²) in [4.78, 5) is 15.9. The molecular formula is C15H18ClN3O6S. The second-order valence-corrected chi connectivity index (χ2v) is 8.25. The summed E-state index contributed by atoms with van der Waals surface area (Å²) < 4.78 is 25.5. The Morgan fingerprint density at radius 1 is 1.35 bits per heavy atom. The minimum Gasteiger partial charge on any atom is -0.504 e. The number of phenols is 1. The molecule has 2 aliphatic rings. The van der Waals surface area contributed by atoms with Crippen molar-refractivity contribution in [1.82, 2.24) is 9.79 Å². The maximum absolute atomic E-state index is 12.5. The molecule has 2 aliphatic carbocycles. The molecule has 0 aliphatic heterocycles. The number of aromatic hydroxyl groups is 1. The smallest absolute Gasteiger partial charge is 0.269 e. The van der Waals surface area contributed by atoms with Gasteiger partial charge in [-0.05, 0) is 25.0 Å². The van der Waals surface area contributed by atoms with E-state index in [1.54, 1.807) is 0 Å². The van der Waals surface area contributed by atoms with Crippen molar-refractivity contribution in [3.05, 3.63) is 28.5 Å². The maximum Gasteiger partial charge on any atom is 0.269 e. The van der Waals surface area contributed by atoms with Crippen LogP contribution in [0.1, 0.15) is 12.8 Å². The van der Waals surface area contributed by atoms with Gasteiger partial charge in [0, 0.05) is 13.1 Å². The zero-order valence-electron chi connectivity index (χ0n) is 14.0. The minimum atomic E-state index is -4.22. The number of hydroxylamine groups is 1. The van der Waals surface area contributed by atoms with Crippen molar-refractivity contribution in [3.8, 4) is 5.75 Å². The van der Waals surface area contributed by atoms with Gasteiger partial charge in [-0.1, -0.05) is 16.1 Å². The van der Waals surface area contributed by atoms with Crippen molar-refractivity contribution in [2.45, 2.75) is 29.9 Å². The first-order chi connectivity index (χ1) is 12.2. The second-order valence-electron chi connectivity index (χ2n) is 5.97. The van der Waals surface area contributed by atoms with Gasteiger partial charge in [-0.2, -0.15) is 0 Å². The van der Waals surface area contributed by atoms with E-state index in [0.29, 0.717) is 4.47 Å². The monoisotopic (exact) mass is 403 g/mol. The summed E-state index contributed by atoms with van der Waals surface area (Å²) in [6.45, 7) is 0. The SMILES string of the molecule is CON(C)S(=O)(=O)c1c(Cl)ccc(NC2=C(NC3CC3)C(=O)C2O)c1O. The van der Waals surface area contributed by atoms with Crippen molar-refractivity contribution in [1.29, 1.82) is 0 Å². The third kappa shape index (κ3) is 3.14. The van der Waals surface area contributed by atoms with Gasteiger partial charge in [0.05, 0.1) is 23.5 Å². The molecule has 0 heterocycles. The Balaban J connectivity index is 1.98. The number of hydrogen-bond acceptors (Lipinski definition) is 8. The topological polar surface area (TPSA) is 128 Å². The summed E-state index contributed by atoms with van der Waals surface area (Å²) >= 11 is 5.95. The molecule has 1 saturated carbocycles. The van der Waals surface area contributed by atoms with E-state index in [0.717, 1.165) is 27.0 Å². The lowest BCUT2D eigenvalue weighted by atomic mass is 9.94. The molecule has 1 fully saturated rings. The summed E-state index contributed by atoms with van der Waals surface area (Å²) in [6.07, 6.45) is 0.490. The summed E-state index contributed by atoms with van der Waals surface area (Å²) in [5.41, 5.74) is 0.379. The molecule has 1 aromatic carbocycles. The van der Waals surface area contributed by atoms with Crippen LogP contribution in [0.4, 0.5) is 5.69 Å². The molecule has 4 N–H and O–H groups in total. The number of benzene rings is 1. The highest BCUT2D eigenvalue weighted by atomic mass is 35.5. The van der Waals surface area contributed by atoms with Crippen LogP contribution in [0.3, 0.4) is 0 Å². The van der Waals surface area contributed by atoms with Crippen LogP contribution in [0.25, 0.3) is 0 Å². The normalized spacial score (nSPS) is 20.3. The number of rotatable bonds is 7. The Bertz CT molecular complexity index is 897. The largest absolute Gasteiger partial charge is 0.504 e. The Hall–Kier alpha value is -1.85. The van der Waals surface area contributed by atoms with Gasteiger partial charge < -0.3 is 20.8 Å². The van der Waals surface area contributed by atoms with E-state index in [1.807, 2.05) is 0 Å². The summed E-state index contributed by atoms with van der Waals surface area (Å²) in [5, 5.41) is 25.8. The molecular weight excluding hydrogens is 386 g/mol. The van der Waals surface area contributed by atoms with E-state index < -0.39 is 32.6 Å². The number of hydrogen-bond donors (Lipinski definition) is 4. The van der Waals surface area contributed by atoms with Crippen LogP contribution in [0, 0.1) is 0 Å². The number of sulfonamides is 1. The van der Waals surface area contributed by atoms with Gasteiger partial charge in [-0.15, -0.1) is 0 Å². The highest BCUT2D eigenvalue weighted by molar-refractivity contribution is 7.89. The molecule has 142 valence electrons. The third-order valence-corrected chi connectivity index (χ3v) is 6.35. The molecule has 26 heavy (non-hydrogen) atoms. The van der Waals surface area contributed by atoms with Crippen LogP contribution in [0.2, 0.25) is 5.02 Å². The number of nitrogens with one attached hydrogen (secondary N) is 2. The highest BCUT2D eigenvalue weighted by Crippen LogP contribution is 2.40. The second kappa shape index (κ2) is 6.71. The van der Waals surface area contributed by atoms with Gasteiger partial charge in [0.25, 0.3) is 10.0 Å². The molecule has 0 radical (unpaired) electrons. The summed E-state index contributed by atoms with van der Waals surface area (Å²) in [7, 11) is -1.91. The van der Waals surface area contributed by atoms with Crippen LogP contribution in [0.15, 0.2) is 28.4 Å². The first-order valence-corrected chi connectivity index (χ1v) is 9.54. The zero-order valence-corrected chi connectivity index (χ0v) is 15.6. The average Bonchev–Trinajstić information content (AvgIpc) is 3.42. The Morgan fingerprint density at radius 2 is 2.00 bits per heavy atom. The van der Waals surface area contributed by atoms with Crippen molar-refractivity contribution in [3.63, 3.8) is 0 Å². The van der Waals surface area contributed by atoms with Crippen LogP contribution >= 0.6 is 11.6 Å². The number of halogens is 1. The fourth-order valence-corrected chi connectivity index (χ4v) is 4.00. The Labute approximate surface area is 155 Å². The lowest BCUT2D eigenvalue weighted by Gasteiger charge is -2.30. The Morgan fingerprint density at radius 3 is 2.58 bits per heavy atom. The minimum absolute atomic E-state index is 0.0193. The molecule has 1 unspecified atom stereocenters. The molecule has 0 spiro atoms. The molecule has 0 bridgehead atoms. The first-order valence-electron chi connectivity index (χ1n) is 7.73. The van der Waals surface area contributed by atoms with Gasteiger partial charge in [0.1, 0.15) is 10.6 Å². The van der Waals surface area contributed by atoms with E-state index in [-0.39, 0.29) is 28.1 Å². The number of carbonyl (C=O) groups is 1. The molecule has 0 amide bonds. The number of anilines is 1. The summed E-state index contributed by atoms with van der Waals surface area (Å²) in [6, 6.07) is 2.81. The first kappa shape index (κ1) is 18.9. The van der Waals surface area contributed by atoms with Gasteiger partial charge in [-0.25, -0.2) is 8.42 Å². The fraction of sp³-hybridized carbons (Fsp3) is 0.400. The maximum atomic E-state index is 12.5. The van der Waals surface area contributed by atoms with Gasteiger partial charge in [0.2, 0.25) is 5.78 Å². The van der Waals surface area contributed by atoms with E-state index in [9.17, 15) is 23.4 Å². The molecule has 11 heteroatoms. The number of Topliss-reactive ketones (excluding diaryl/α,β-unsaturated/α-hetero) is 1. The number of nitrogens with zero attached hydrogens (tertiary/aromatic N) is 1. The lowest BCUT2D eigenvalue weighted by Crippen LogP contribution is -2.46. The number of ketones is 1. The number of carbonyl (C=O) groups excluding carboxylic acids is 1. The lowest BCUT2D eigenvalue weighted by molar-refractivity contribution is -0.124. The molecule has 0 aromatic heterocycles. The molecule has 0 saturated heterocycles. The molecule has 1 aromatic rings. The zero-order chi connectivity index (χ0) is 19.2. The van der Waals surface area contributed by atoms with E-state index >= 15 is 0 Å². The standard InChI is InChI=1S/C15H18ClN3O6S/c1-19(25-2)26(23,24)15-8(16)5-6-9(12(15)20)18-11-10(13(21)14(11)22)17-7-3-4-7/h5-7,14,17-18,20,22H,3-4H2,1-2H3. The highest BCUT2D eigenvalue weighted by Gasteiger charge is 2.41. The van der Waals surface area contributed by atoms with Crippen LogP contribution < -0.4 is 10.6 Å². The molecule has 9 nitrogen and oxygen atoms in total. The number of phenolic OH excluding ortho intramolecular Hbond substituents is 1. The van der Waals surface area contributed by atoms with Gasteiger partial charge in [-0.3, -0.25) is 9.63 Å². The predicted octanol–water partition coefficient (Wildman–Crippen LogP) is 0.547. The van der Waals surface area contributed by atoms with E-state index in [4.69, 9.17) is 11.6 Å². The fourth-order valence-electron chi connectivity index (χ4n) is 2.44. The quantitative estimate of drug-likeness (QED) is 0.384. The Kier molecular flexibility index (Phi) is 4.88. The number of aliphatic hydroxyl groups excluding tert-OH is 1. The van der Waals surface area contributed by atoms with E-state index in [2.05, 4.69) is 15.5 Å². The van der Waals surface area contributed by atoms with Crippen LogP contribution in [0.5, 0.6) is 5.75 Å². The third-order valence-electron chi connectivity index (χ3n) is 4.17. The average molecular weight is 404 g/mol. The molecule has 3 rings (SSSR count). The van der Waals surface area contributed by atoms with Gasteiger partial charge >= 0.3 is 0 Å². The number of aliphatic hydroxyl groups is 1. The van der Waals surface area contributed by atoms with Crippen molar-refractivity contribution in [2.24, 2.45) is 0 Å². The van der Waals surface area contributed by atoms with Crippen molar-refractivity contribution >= 4 is 33.1 Å². The van der Waals surface area contributed by atoms with Crippen LogP contribution in [-0.2, 0) is 19.7 Å². The molecule has 1 atom stereocenters. The van der Waals surface area contributed by atoms with Gasteiger partial charge in [0.15, 0.2) is 11.9 Å². The predicted molar refractivity (Wildman–Crippen MR) is 92.9 cm³/mol. The van der Waals surface area contributed by atoms with Crippen molar-refractivity contribution < 1.29 is 28.3 Å². The van der Waals surface area contributed by atoms with Crippen molar-refractivity contribution in [2.75, 3.05) is 19.5 Å². The van der Waals surface area contributed by atoms with Crippen LogP contribution in [-0.4, -0.2) is 55.2 Å². The summed E-state index contributed by atoms with van der Waals surface area (Å²) in [5.74, 6) is -1.11. The van der Waals surface area contributed by atoms with E-state index in [1.165, 1.54) is 12.1 Å².